The molecule has 0 bridgehead atoms. The van der Waals surface area contributed by atoms with Gasteiger partial charge in [-0.1, -0.05) is 42.5 Å². The Balaban J connectivity index is 1.28. The molecule has 0 unspecified atom stereocenters. The van der Waals surface area contributed by atoms with Crippen LogP contribution in [0.4, 0.5) is 11.4 Å². The molecule has 0 saturated carbocycles. The van der Waals surface area contributed by atoms with Gasteiger partial charge < -0.3 is 25.2 Å². The summed E-state index contributed by atoms with van der Waals surface area (Å²) in [6, 6.07) is 22.0. The quantitative estimate of drug-likeness (QED) is 0.252. The molecule has 0 saturated heterocycles. The summed E-state index contributed by atoms with van der Waals surface area (Å²) in [5.41, 5.74) is 2.03. The fourth-order valence-corrected chi connectivity index (χ4v) is 5.62. The minimum absolute atomic E-state index is 0.190. The highest BCUT2D eigenvalue weighted by Gasteiger charge is 2.34. The number of aliphatic carboxylic acids is 1. The molecule has 0 radical (unpaired) electrons. The maximum absolute atomic E-state index is 13.4. The minimum Gasteiger partial charge on any atom is -0.486 e. The largest absolute Gasteiger partial charge is 0.486 e. The van der Waals surface area contributed by atoms with Crippen LogP contribution in [0.5, 0.6) is 11.5 Å². The number of rotatable bonds is 8. The highest BCUT2D eigenvalue weighted by molar-refractivity contribution is 8.00. The molecule has 2 amide bonds. The van der Waals surface area contributed by atoms with Crippen LogP contribution >= 0.6 is 11.8 Å². The average Bonchev–Trinajstić information content (AvgIpc) is 2.97. The highest BCUT2D eigenvalue weighted by Crippen LogP contribution is 2.38. The summed E-state index contributed by atoms with van der Waals surface area (Å²) in [5.74, 6) is -1.57. The summed E-state index contributed by atoms with van der Waals surface area (Å²) in [5, 5.41) is 14.8. The predicted molar refractivity (Wildman–Crippen MR) is 149 cm³/mol. The first kappa shape index (κ1) is 26.4. The van der Waals surface area contributed by atoms with Crippen LogP contribution < -0.4 is 20.1 Å². The lowest BCUT2D eigenvalue weighted by Gasteiger charge is -2.24. The van der Waals surface area contributed by atoms with Crippen LogP contribution in [0, 0.1) is 11.8 Å². The summed E-state index contributed by atoms with van der Waals surface area (Å²) < 4.78 is 11.2. The zero-order chi connectivity index (χ0) is 27.2. The number of fused-ring (bicyclic) bond motifs is 1. The number of carboxylic acids is 1. The molecule has 0 fully saturated rings. The van der Waals surface area contributed by atoms with Gasteiger partial charge in [-0.2, -0.15) is 0 Å². The van der Waals surface area contributed by atoms with Crippen molar-refractivity contribution in [2.24, 2.45) is 11.8 Å². The number of hydrogen-bond acceptors (Lipinski definition) is 6. The number of ether oxygens (including phenoxy) is 2. The van der Waals surface area contributed by atoms with Crippen molar-refractivity contribution in [1.29, 1.82) is 0 Å². The standard InChI is InChI=1S/C30H28N2O6S/c33-28(23-8-4-5-9-24(23)30(35)36)31-20-10-13-22(14-11-20)39-27(19-6-2-1-3-7-19)29(34)32-21-12-15-25-26(18-21)38-17-16-37-25/h1-7,10-15,18,23-24,27H,8-9,16-17H2,(H,31,33)(H,32,34)(H,35,36)/t23-,24-,27-/m1/s1. The summed E-state index contributed by atoms with van der Waals surface area (Å²) in [7, 11) is 0. The van der Waals surface area contributed by atoms with Crippen LogP contribution in [0.3, 0.4) is 0 Å². The van der Waals surface area contributed by atoms with Crippen molar-refractivity contribution in [3.63, 3.8) is 0 Å². The second kappa shape index (κ2) is 12.1. The van der Waals surface area contributed by atoms with Crippen LogP contribution in [-0.2, 0) is 14.4 Å². The van der Waals surface area contributed by atoms with E-state index in [9.17, 15) is 19.5 Å². The molecule has 3 aromatic rings. The number of thioether (sulfide) groups is 1. The Labute approximate surface area is 230 Å². The van der Waals surface area contributed by atoms with Gasteiger partial charge in [-0.05, 0) is 54.8 Å². The first-order valence-corrected chi connectivity index (χ1v) is 13.6. The number of hydrogen-bond donors (Lipinski definition) is 3. The molecule has 3 atom stereocenters. The van der Waals surface area contributed by atoms with Gasteiger partial charge in [-0.3, -0.25) is 14.4 Å². The van der Waals surface area contributed by atoms with E-state index in [1.54, 1.807) is 30.3 Å². The Bertz CT molecular complexity index is 1380. The Morgan fingerprint density at radius 3 is 2.18 bits per heavy atom. The lowest BCUT2D eigenvalue weighted by atomic mass is 9.82. The molecule has 5 rings (SSSR count). The monoisotopic (exact) mass is 544 g/mol. The topological polar surface area (TPSA) is 114 Å². The third-order valence-electron chi connectivity index (χ3n) is 6.61. The van der Waals surface area contributed by atoms with Crippen LogP contribution in [0.1, 0.15) is 23.7 Å². The van der Waals surface area contributed by atoms with E-state index in [2.05, 4.69) is 10.6 Å². The molecule has 0 spiro atoms. The van der Waals surface area contributed by atoms with Gasteiger partial charge in [0.1, 0.15) is 18.5 Å². The first-order chi connectivity index (χ1) is 19.0. The van der Waals surface area contributed by atoms with E-state index in [1.165, 1.54) is 11.8 Å². The molecule has 1 heterocycles. The van der Waals surface area contributed by atoms with E-state index in [0.717, 1.165) is 10.5 Å². The zero-order valence-corrected chi connectivity index (χ0v) is 21.9. The Kier molecular flexibility index (Phi) is 8.17. The Hall–Kier alpha value is -4.24. The lowest BCUT2D eigenvalue weighted by molar-refractivity contribution is -0.146. The number of anilines is 2. The second-order valence-corrected chi connectivity index (χ2v) is 10.4. The molecule has 9 heteroatoms. The number of carbonyl (C=O) groups is 3. The van der Waals surface area contributed by atoms with Gasteiger partial charge in [0.2, 0.25) is 11.8 Å². The van der Waals surface area contributed by atoms with Gasteiger partial charge in [0.25, 0.3) is 0 Å². The van der Waals surface area contributed by atoms with Gasteiger partial charge in [-0.15, -0.1) is 11.8 Å². The van der Waals surface area contributed by atoms with Gasteiger partial charge in [0.05, 0.1) is 11.8 Å². The maximum atomic E-state index is 13.4. The maximum Gasteiger partial charge on any atom is 0.307 e. The lowest BCUT2D eigenvalue weighted by Crippen LogP contribution is -2.34. The summed E-state index contributed by atoms with van der Waals surface area (Å²) >= 11 is 1.39. The molecule has 8 nitrogen and oxygen atoms in total. The van der Waals surface area contributed by atoms with E-state index in [4.69, 9.17) is 9.47 Å². The third kappa shape index (κ3) is 6.43. The molecule has 3 N–H and O–H groups in total. The SMILES string of the molecule is O=C(Nc1ccc2c(c1)OCCO2)[C@H](Sc1ccc(NC(=O)[C@@H]2CC=CC[C@H]2C(=O)O)cc1)c1ccccc1. The van der Waals surface area contributed by atoms with Gasteiger partial charge in [0, 0.05) is 22.3 Å². The number of allylic oxidation sites excluding steroid dienone is 2. The van der Waals surface area contributed by atoms with Crippen molar-refractivity contribution in [1.82, 2.24) is 0 Å². The van der Waals surface area contributed by atoms with Crippen LogP contribution in [-0.4, -0.2) is 36.1 Å². The summed E-state index contributed by atoms with van der Waals surface area (Å²) in [6.07, 6.45) is 4.40. The van der Waals surface area contributed by atoms with Crippen LogP contribution in [0.25, 0.3) is 0 Å². The van der Waals surface area contributed by atoms with E-state index >= 15 is 0 Å². The molecule has 2 aliphatic rings. The highest BCUT2D eigenvalue weighted by atomic mass is 32.2. The molecule has 0 aromatic heterocycles. The second-order valence-electron chi connectivity index (χ2n) is 9.26. The molecule has 3 aromatic carbocycles. The molecular formula is C30H28N2O6S. The van der Waals surface area contributed by atoms with Crippen LogP contribution in [0.2, 0.25) is 0 Å². The first-order valence-electron chi connectivity index (χ1n) is 12.7. The Morgan fingerprint density at radius 1 is 0.795 bits per heavy atom. The van der Waals surface area contributed by atoms with Gasteiger partial charge in [0.15, 0.2) is 11.5 Å². The van der Waals surface area contributed by atoms with Crippen molar-refractivity contribution in [2.75, 3.05) is 23.8 Å². The fraction of sp³-hybridized carbons (Fsp3) is 0.233. The van der Waals surface area contributed by atoms with Crippen molar-refractivity contribution < 1.29 is 29.0 Å². The van der Waals surface area contributed by atoms with Crippen molar-refractivity contribution in [3.8, 4) is 11.5 Å². The van der Waals surface area contributed by atoms with Crippen molar-refractivity contribution in [2.45, 2.75) is 23.0 Å². The molecule has 1 aliphatic carbocycles. The van der Waals surface area contributed by atoms with Crippen molar-refractivity contribution in [3.05, 3.63) is 90.5 Å². The third-order valence-corrected chi connectivity index (χ3v) is 7.88. The normalized spacial score (nSPS) is 18.6. The molecule has 1 aliphatic heterocycles. The molecule has 39 heavy (non-hydrogen) atoms. The van der Waals surface area contributed by atoms with Gasteiger partial charge >= 0.3 is 5.97 Å². The van der Waals surface area contributed by atoms with Crippen LogP contribution in [0.15, 0.2) is 89.8 Å². The number of carboxylic acid groups (broad SMARTS) is 1. The number of nitrogens with one attached hydrogen (secondary N) is 2. The minimum atomic E-state index is -0.965. The smallest absolute Gasteiger partial charge is 0.307 e. The predicted octanol–water partition coefficient (Wildman–Crippen LogP) is 5.54. The van der Waals surface area contributed by atoms with E-state index in [0.29, 0.717) is 48.9 Å². The Morgan fingerprint density at radius 2 is 1.46 bits per heavy atom. The number of benzene rings is 3. The fourth-order valence-electron chi connectivity index (χ4n) is 4.59. The zero-order valence-electron chi connectivity index (χ0n) is 21.0. The average molecular weight is 545 g/mol. The van der Waals surface area contributed by atoms with Crippen molar-refractivity contribution >= 4 is 40.9 Å². The number of carbonyl (C=O) groups excluding carboxylic acids is 2. The van der Waals surface area contributed by atoms with E-state index in [1.807, 2.05) is 54.6 Å². The molecule has 200 valence electrons. The van der Waals surface area contributed by atoms with Gasteiger partial charge in [-0.25, -0.2) is 0 Å². The van der Waals surface area contributed by atoms with E-state index < -0.39 is 23.1 Å². The summed E-state index contributed by atoms with van der Waals surface area (Å²) in [4.78, 5) is 38.6. The number of amides is 2. The van der Waals surface area contributed by atoms with E-state index in [-0.39, 0.29) is 11.8 Å². The summed E-state index contributed by atoms with van der Waals surface area (Å²) in [6.45, 7) is 0.954. The molecular weight excluding hydrogens is 516 g/mol.